The lowest BCUT2D eigenvalue weighted by Gasteiger charge is -2.10. The van der Waals surface area contributed by atoms with Crippen molar-refractivity contribution in [3.63, 3.8) is 0 Å². The Balaban J connectivity index is 2.86. The molecule has 0 heterocycles. The second kappa shape index (κ2) is 7.13. The van der Waals surface area contributed by atoms with Crippen molar-refractivity contribution in [1.82, 2.24) is 0 Å². The quantitative estimate of drug-likeness (QED) is 0.783. The third-order valence-electron chi connectivity index (χ3n) is 2.53. The van der Waals surface area contributed by atoms with Crippen LogP contribution in [0.15, 0.2) is 18.2 Å². The molecule has 1 aromatic carbocycles. The van der Waals surface area contributed by atoms with Gasteiger partial charge in [-0.15, -0.1) is 0 Å². The fourth-order valence-corrected chi connectivity index (χ4v) is 2.04. The van der Waals surface area contributed by atoms with E-state index in [0.29, 0.717) is 10.6 Å². The number of ether oxygens (including phenoxy) is 1. The van der Waals surface area contributed by atoms with Crippen LogP contribution in [0.25, 0.3) is 0 Å². The van der Waals surface area contributed by atoms with Crippen molar-refractivity contribution in [2.75, 3.05) is 7.11 Å². The summed E-state index contributed by atoms with van der Waals surface area (Å²) in [6.45, 7) is 0. The Kier molecular flexibility index (Phi) is 5.81. The van der Waals surface area contributed by atoms with Crippen molar-refractivity contribution in [3.8, 4) is 6.07 Å². The Labute approximate surface area is 120 Å². The molecule has 0 aliphatic rings. The first-order chi connectivity index (χ1) is 8.99. The number of hydrogen-bond donors (Lipinski definition) is 0. The van der Waals surface area contributed by atoms with Crippen molar-refractivity contribution in [2.24, 2.45) is 0 Å². The molecule has 4 nitrogen and oxygen atoms in total. The Bertz CT molecular complexity index is 537. The van der Waals surface area contributed by atoms with Crippen molar-refractivity contribution in [3.05, 3.63) is 33.8 Å². The molecule has 0 aromatic heterocycles. The van der Waals surface area contributed by atoms with E-state index in [1.807, 2.05) is 6.07 Å². The molecule has 0 aliphatic carbocycles. The van der Waals surface area contributed by atoms with Gasteiger partial charge in [0.25, 0.3) is 0 Å². The molecule has 19 heavy (non-hydrogen) atoms. The van der Waals surface area contributed by atoms with Gasteiger partial charge in [-0.2, -0.15) is 5.26 Å². The SMILES string of the molecule is COC(=O)CCC(=O)C(C#N)c1ccc(Cl)cc1Cl. The lowest BCUT2D eigenvalue weighted by Crippen LogP contribution is -2.13. The number of esters is 1. The molecular formula is C13H11Cl2NO3. The molecule has 1 aromatic rings. The van der Waals surface area contributed by atoms with Crippen LogP contribution in [0.3, 0.4) is 0 Å². The molecule has 0 fully saturated rings. The summed E-state index contributed by atoms with van der Waals surface area (Å²) in [7, 11) is 1.24. The number of halogens is 2. The zero-order valence-electron chi connectivity index (χ0n) is 10.2. The summed E-state index contributed by atoms with van der Waals surface area (Å²) in [5.74, 6) is -1.88. The molecule has 1 atom stereocenters. The Morgan fingerprint density at radius 2 is 2.05 bits per heavy atom. The van der Waals surface area contributed by atoms with Crippen molar-refractivity contribution < 1.29 is 14.3 Å². The number of methoxy groups -OCH3 is 1. The molecule has 0 saturated carbocycles. The van der Waals surface area contributed by atoms with Gasteiger partial charge in [-0.3, -0.25) is 9.59 Å². The number of nitriles is 1. The van der Waals surface area contributed by atoms with E-state index in [2.05, 4.69) is 4.74 Å². The van der Waals surface area contributed by atoms with Gasteiger partial charge in [0, 0.05) is 16.5 Å². The predicted octanol–water partition coefficient (Wildman–Crippen LogP) is 3.12. The van der Waals surface area contributed by atoms with Crippen LogP contribution >= 0.6 is 23.2 Å². The maximum absolute atomic E-state index is 11.9. The summed E-state index contributed by atoms with van der Waals surface area (Å²) in [5.41, 5.74) is 0.392. The molecule has 0 radical (unpaired) electrons. The van der Waals surface area contributed by atoms with Crippen LogP contribution in [0.2, 0.25) is 10.0 Å². The zero-order valence-corrected chi connectivity index (χ0v) is 11.7. The van der Waals surface area contributed by atoms with Crippen LogP contribution in [0.5, 0.6) is 0 Å². The molecule has 1 rings (SSSR count). The third-order valence-corrected chi connectivity index (χ3v) is 3.09. The Morgan fingerprint density at radius 1 is 1.37 bits per heavy atom. The smallest absolute Gasteiger partial charge is 0.305 e. The predicted molar refractivity (Wildman–Crippen MR) is 71.1 cm³/mol. The number of carbonyl (C=O) groups is 2. The first kappa shape index (κ1) is 15.5. The summed E-state index contributed by atoms with van der Waals surface area (Å²) in [6.07, 6.45) is -0.122. The van der Waals surface area contributed by atoms with Crippen LogP contribution in [0, 0.1) is 11.3 Å². The van der Waals surface area contributed by atoms with E-state index >= 15 is 0 Å². The average molecular weight is 300 g/mol. The van der Waals surface area contributed by atoms with Gasteiger partial charge in [-0.05, 0) is 17.7 Å². The summed E-state index contributed by atoms with van der Waals surface area (Å²) in [4.78, 5) is 22.9. The van der Waals surface area contributed by atoms with Crippen LogP contribution in [0.1, 0.15) is 24.3 Å². The number of carbonyl (C=O) groups excluding carboxylic acids is 2. The second-order valence-electron chi connectivity index (χ2n) is 3.77. The molecule has 0 bridgehead atoms. The molecule has 0 aliphatic heterocycles. The van der Waals surface area contributed by atoms with Gasteiger partial charge >= 0.3 is 5.97 Å². The molecule has 0 spiro atoms. The van der Waals surface area contributed by atoms with E-state index in [0.717, 1.165) is 0 Å². The maximum atomic E-state index is 11.9. The maximum Gasteiger partial charge on any atom is 0.305 e. The average Bonchev–Trinajstić information content (AvgIpc) is 2.39. The van der Waals surface area contributed by atoms with Crippen molar-refractivity contribution in [2.45, 2.75) is 18.8 Å². The normalized spacial score (nSPS) is 11.5. The summed E-state index contributed by atoms with van der Waals surface area (Å²) < 4.78 is 4.44. The van der Waals surface area contributed by atoms with Gasteiger partial charge < -0.3 is 4.74 Å². The summed E-state index contributed by atoms with van der Waals surface area (Å²) in [5, 5.41) is 9.77. The standard InChI is InChI=1S/C13H11Cl2NO3/c1-19-13(18)5-4-12(17)10(7-16)9-3-2-8(14)6-11(9)15/h2-3,6,10H,4-5H2,1H3. The molecule has 0 N–H and O–H groups in total. The van der Waals surface area contributed by atoms with E-state index in [1.54, 1.807) is 6.07 Å². The van der Waals surface area contributed by atoms with E-state index in [-0.39, 0.29) is 23.6 Å². The Morgan fingerprint density at radius 3 is 2.58 bits per heavy atom. The minimum absolute atomic E-state index is 0.0568. The first-order valence-corrected chi connectivity index (χ1v) is 6.19. The molecule has 0 amide bonds. The summed E-state index contributed by atoms with van der Waals surface area (Å²) in [6, 6.07) is 6.45. The van der Waals surface area contributed by atoms with Gasteiger partial charge in [0.1, 0.15) is 5.92 Å². The number of ketones is 1. The van der Waals surface area contributed by atoms with Crippen molar-refractivity contribution >= 4 is 35.0 Å². The lowest BCUT2D eigenvalue weighted by atomic mass is 9.93. The monoisotopic (exact) mass is 299 g/mol. The number of rotatable bonds is 5. The van der Waals surface area contributed by atoms with Crippen molar-refractivity contribution in [1.29, 1.82) is 5.26 Å². The number of benzene rings is 1. The van der Waals surface area contributed by atoms with Crippen LogP contribution in [-0.4, -0.2) is 18.9 Å². The van der Waals surface area contributed by atoms with Gasteiger partial charge in [0.2, 0.25) is 0 Å². The fourth-order valence-electron chi connectivity index (χ4n) is 1.52. The third kappa shape index (κ3) is 4.23. The van der Waals surface area contributed by atoms with Gasteiger partial charge in [-0.1, -0.05) is 29.3 Å². The molecule has 100 valence electrons. The number of Topliss-reactive ketones (excluding diaryl/α,β-unsaturated/α-hetero) is 1. The van der Waals surface area contributed by atoms with Gasteiger partial charge in [0.15, 0.2) is 5.78 Å². The Hall–Kier alpha value is -1.57. The minimum Gasteiger partial charge on any atom is -0.469 e. The zero-order chi connectivity index (χ0) is 14.4. The molecule has 6 heteroatoms. The highest BCUT2D eigenvalue weighted by Crippen LogP contribution is 2.28. The lowest BCUT2D eigenvalue weighted by molar-refractivity contribution is -0.141. The van der Waals surface area contributed by atoms with Crippen LogP contribution < -0.4 is 0 Å². The van der Waals surface area contributed by atoms with E-state index in [4.69, 9.17) is 28.5 Å². The number of hydrogen-bond acceptors (Lipinski definition) is 4. The first-order valence-electron chi connectivity index (χ1n) is 5.43. The van der Waals surface area contributed by atoms with E-state index < -0.39 is 11.9 Å². The van der Waals surface area contributed by atoms with E-state index in [9.17, 15) is 9.59 Å². The topological polar surface area (TPSA) is 67.2 Å². The molecular weight excluding hydrogens is 289 g/mol. The molecule has 0 saturated heterocycles. The highest BCUT2D eigenvalue weighted by molar-refractivity contribution is 6.35. The fraction of sp³-hybridized carbons (Fsp3) is 0.308. The van der Waals surface area contributed by atoms with Crippen LogP contribution in [-0.2, 0) is 14.3 Å². The van der Waals surface area contributed by atoms with Gasteiger partial charge in [0.05, 0.1) is 19.6 Å². The summed E-state index contributed by atoms with van der Waals surface area (Å²) >= 11 is 11.7. The van der Waals surface area contributed by atoms with E-state index in [1.165, 1.54) is 19.2 Å². The largest absolute Gasteiger partial charge is 0.469 e. The van der Waals surface area contributed by atoms with Gasteiger partial charge in [-0.25, -0.2) is 0 Å². The highest BCUT2D eigenvalue weighted by Gasteiger charge is 2.23. The number of nitrogens with zero attached hydrogens (tertiary/aromatic N) is 1. The molecule has 1 unspecified atom stereocenters. The van der Waals surface area contributed by atoms with Crippen LogP contribution in [0.4, 0.5) is 0 Å². The second-order valence-corrected chi connectivity index (χ2v) is 4.61. The minimum atomic E-state index is -1.01. The highest BCUT2D eigenvalue weighted by atomic mass is 35.5.